The van der Waals surface area contributed by atoms with Crippen molar-refractivity contribution in [1.29, 1.82) is 0 Å². The number of ether oxygens (including phenoxy) is 1. The Labute approximate surface area is 72.9 Å². The summed E-state index contributed by atoms with van der Waals surface area (Å²) in [7, 11) is 0. The van der Waals surface area contributed by atoms with Crippen molar-refractivity contribution in [1.82, 2.24) is 0 Å². The van der Waals surface area contributed by atoms with Gasteiger partial charge >= 0.3 is 0 Å². The Kier molecular flexibility index (Phi) is 1.44. The number of aliphatic hydroxyl groups is 1. The molecule has 0 aromatic heterocycles. The minimum atomic E-state index is 0.0309. The van der Waals surface area contributed by atoms with Crippen molar-refractivity contribution in [3.63, 3.8) is 0 Å². The van der Waals surface area contributed by atoms with Gasteiger partial charge in [-0.3, -0.25) is 0 Å². The lowest BCUT2D eigenvalue weighted by Gasteiger charge is -1.95. The third-order valence-corrected chi connectivity index (χ3v) is 2.50. The largest absolute Gasteiger partial charge is 0.449 e. The molecule has 1 aliphatic heterocycles. The van der Waals surface area contributed by atoms with Gasteiger partial charge in [-0.1, -0.05) is 15.9 Å². The molecule has 0 saturated heterocycles. The maximum atomic E-state index is 8.91. The molecule has 3 heteroatoms. The van der Waals surface area contributed by atoms with Crippen molar-refractivity contribution in [2.45, 2.75) is 13.5 Å². The smallest absolute Gasteiger partial charge is 0.177 e. The Bertz CT molecular complexity index is 317. The fraction of sp³-hybridized carbons (Fsp3) is 0.250. The van der Waals surface area contributed by atoms with E-state index >= 15 is 0 Å². The third kappa shape index (κ3) is 0.957. The van der Waals surface area contributed by atoms with Gasteiger partial charge in [0.1, 0.15) is 0 Å². The molecule has 1 aliphatic rings. The summed E-state index contributed by atoms with van der Waals surface area (Å²) in [6.07, 6.45) is 0. The van der Waals surface area contributed by atoms with Crippen molar-refractivity contribution in [3.05, 3.63) is 21.7 Å². The van der Waals surface area contributed by atoms with E-state index in [1.54, 1.807) is 0 Å². The van der Waals surface area contributed by atoms with Crippen molar-refractivity contribution in [3.8, 4) is 11.5 Å². The van der Waals surface area contributed by atoms with Gasteiger partial charge in [-0.15, -0.1) is 0 Å². The highest BCUT2D eigenvalue weighted by Gasteiger charge is 2.28. The van der Waals surface area contributed by atoms with E-state index in [4.69, 9.17) is 9.84 Å². The highest BCUT2D eigenvalue weighted by Crippen LogP contribution is 2.53. The second-order valence-corrected chi connectivity index (χ2v) is 3.43. The lowest BCUT2D eigenvalue weighted by molar-refractivity contribution is 0.280. The first-order valence-corrected chi connectivity index (χ1v) is 4.14. The topological polar surface area (TPSA) is 32.8 Å². The molecule has 0 unspecified atom stereocenters. The van der Waals surface area contributed by atoms with Gasteiger partial charge in [0.2, 0.25) is 0 Å². The fourth-order valence-corrected chi connectivity index (χ4v) is 1.78. The second-order valence-electron chi connectivity index (χ2n) is 2.57. The van der Waals surface area contributed by atoms with Gasteiger partial charge in [0, 0.05) is 10.0 Å². The number of hydrogen-bond donors (Lipinski definition) is 1. The molecule has 11 heavy (non-hydrogen) atoms. The Morgan fingerprint density at radius 3 is 2.91 bits per heavy atom. The van der Waals surface area contributed by atoms with Crippen molar-refractivity contribution in [2.24, 2.45) is 0 Å². The van der Waals surface area contributed by atoms with Gasteiger partial charge in [0.15, 0.2) is 11.5 Å². The van der Waals surface area contributed by atoms with Crippen LogP contribution in [0.25, 0.3) is 0 Å². The first-order chi connectivity index (χ1) is 5.24. The first-order valence-electron chi connectivity index (χ1n) is 3.34. The first kappa shape index (κ1) is 7.13. The van der Waals surface area contributed by atoms with E-state index in [0.29, 0.717) is 0 Å². The zero-order valence-electron chi connectivity index (χ0n) is 6.02. The van der Waals surface area contributed by atoms with E-state index in [1.165, 1.54) is 0 Å². The molecule has 2 rings (SSSR count). The van der Waals surface area contributed by atoms with E-state index in [1.807, 2.05) is 13.0 Å². The lowest BCUT2D eigenvalue weighted by atomic mass is 10.2. The van der Waals surface area contributed by atoms with E-state index < -0.39 is 0 Å². The Balaban J connectivity index is 2.61. The maximum Gasteiger partial charge on any atom is 0.177 e. The molecule has 0 spiro atoms. The molecule has 1 aromatic rings. The average molecular weight is 215 g/mol. The summed E-state index contributed by atoms with van der Waals surface area (Å²) >= 11 is 3.35. The lowest BCUT2D eigenvalue weighted by Crippen LogP contribution is -1.80. The predicted molar refractivity (Wildman–Crippen MR) is 44.9 cm³/mol. The molecule has 1 heterocycles. The summed E-state index contributed by atoms with van der Waals surface area (Å²) in [6.45, 7) is 2.01. The maximum absolute atomic E-state index is 8.91. The minimum absolute atomic E-state index is 0.0309. The van der Waals surface area contributed by atoms with E-state index in [2.05, 4.69) is 15.9 Å². The zero-order chi connectivity index (χ0) is 8.01. The molecular weight excluding hydrogens is 208 g/mol. The molecule has 0 bridgehead atoms. The van der Waals surface area contributed by atoms with Crippen LogP contribution in [-0.2, 0) is 6.61 Å². The molecule has 1 N–H and O–H groups in total. The van der Waals surface area contributed by atoms with E-state index in [9.17, 15) is 0 Å². The van der Waals surface area contributed by atoms with Crippen LogP contribution in [0.3, 0.4) is 0 Å². The quantitative estimate of drug-likeness (QED) is 0.740. The van der Waals surface area contributed by atoms with Gasteiger partial charge < -0.3 is 9.84 Å². The van der Waals surface area contributed by atoms with Gasteiger partial charge in [0.05, 0.1) is 6.61 Å². The van der Waals surface area contributed by atoms with Crippen LogP contribution in [0, 0.1) is 6.92 Å². The molecule has 0 amide bonds. The van der Waals surface area contributed by atoms with Gasteiger partial charge in [-0.2, -0.15) is 0 Å². The van der Waals surface area contributed by atoms with E-state index in [0.717, 1.165) is 27.1 Å². The normalized spacial score (nSPS) is 12.3. The van der Waals surface area contributed by atoms with Crippen molar-refractivity contribution < 1.29 is 9.84 Å². The van der Waals surface area contributed by atoms with Crippen LogP contribution in [0.5, 0.6) is 11.5 Å². The number of fused-ring (bicyclic) bond motifs is 1. The molecule has 0 atom stereocenters. The summed E-state index contributed by atoms with van der Waals surface area (Å²) in [5.41, 5.74) is 1.97. The molecular formula is C8H7BrO2. The van der Waals surface area contributed by atoms with Crippen LogP contribution in [0.2, 0.25) is 0 Å². The predicted octanol–water partition coefficient (Wildman–Crippen LogP) is 2.36. The van der Waals surface area contributed by atoms with Gasteiger partial charge in [-0.05, 0) is 18.6 Å². The highest BCUT2D eigenvalue weighted by atomic mass is 79.9. The van der Waals surface area contributed by atoms with Crippen molar-refractivity contribution in [2.75, 3.05) is 0 Å². The Morgan fingerprint density at radius 1 is 1.55 bits per heavy atom. The summed E-state index contributed by atoms with van der Waals surface area (Å²) in [5, 5.41) is 8.91. The number of aryl methyl sites for hydroxylation is 1. The van der Waals surface area contributed by atoms with Gasteiger partial charge in [0.25, 0.3) is 0 Å². The van der Waals surface area contributed by atoms with Crippen LogP contribution in [0.15, 0.2) is 10.5 Å². The zero-order valence-corrected chi connectivity index (χ0v) is 7.60. The molecule has 58 valence electrons. The molecule has 0 saturated carbocycles. The highest BCUT2D eigenvalue weighted by molar-refractivity contribution is 9.10. The van der Waals surface area contributed by atoms with Crippen LogP contribution in [-0.4, -0.2) is 5.11 Å². The standard InChI is InChI=1S/C8H7BrO2/c1-4-2-6(9)5(3-10)8-7(4)11-8/h2,10H,3H2,1H3. The van der Waals surface area contributed by atoms with Crippen LogP contribution >= 0.6 is 15.9 Å². The van der Waals surface area contributed by atoms with Crippen molar-refractivity contribution >= 4 is 15.9 Å². The number of hydrogen-bond acceptors (Lipinski definition) is 2. The Morgan fingerprint density at radius 2 is 2.27 bits per heavy atom. The fourth-order valence-electron chi connectivity index (χ4n) is 1.13. The number of halogens is 1. The minimum Gasteiger partial charge on any atom is -0.449 e. The molecule has 0 radical (unpaired) electrons. The van der Waals surface area contributed by atoms with Crippen LogP contribution < -0.4 is 4.74 Å². The van der Waals surface area contributed by atoms with E-state index in [-0.39, 0.29) is 6.61 Å². The molecule has 0 aliphatic carbocycles. The number of aliphatic hydroxyl groups excluding tert-OH is 1. The summed E-state index contributed by atoms with van der Waals surface area (Å²) in [6, 6.07) is 1.96. The number of benzene rings is 1. The second kappa shape index (κ2) is 2.22. The summed E-state index contributed by atoms with van der Waals surface area (Å²) in [5.74, 6) is 1.77. The summed E-state index contributed by atoms with van der Waals surface area (Å²) < 4.78 is 6.11. The molecule has 2 nitrogen and oxygen atoms in total. The Hall–Kier alpha value is -0.540. The van der Waals surface area contributed by atoms with Crippen LogP contribution in [0.4, 0.5) is 0 Å². The monoisotopic (exact) mass is 214 g/mol. The number of rotatable bonds is 1. The van der Waals surface area contributed by atoms with Gasteiger partial charge in [-0.25, -0.2) is 0 Å². The van der Waals surface area contributed by atoms with Crippen LogP contribution in [0.1, 0.15) is 11.1 Å². The summed E-state index contributed by atoms with van der Waals surface area (Å²) in [4.78, 5) is 0. The molecule has 1 aromatic carbocycles. The average Bonchev–Trinajstić information content (AvgIpc) is 2.67. The third-order valence-electron chi connectivity index (χ3n) is 1.79. The SMILES string of the molecule is Cc1cc(Br)c(CO)c2c1O2. The molecule has 0 fully saturated rings.